The highest BCUT2D eigenvalue weighted by molar-refractivity contribution is 6.14. The first-order valence-electron chi connectivity index (χ1n) is 10.1. The molecular weight excluding hydrogens is 441 g/mol. The molecule has 0 radical (unpaired) electrons. The number of rotatable bonds is 6. The molecule has 33 heavy (non-hydrogen) atoms. The number of halogens is 3. The fraction of sp³-hybridized carbons (Fsp3) is 0.318. The lowest BCUT2D eigenvalue weighted by Crippen LogP contribution is -2.41. The Morgan fingerprint density at radius 1 is 1.15 bits per heavy atom. The molecule has 0 bridgehead atoms. The smallest absolute Gasteiger partial charge is 0.405 e. The van der Waals surface area contributed by atoms with E-state index in [9.17, 15) is 22.8 Å². The summed E-state index contributed by atoms with van der Waals surface area (Å²) in [7, 11) is 2.89. The van der Waals surface area contributed by atoms with Crippen LogP contribution < -0.4 is 20.3 Å². The maximum atomic E-state index is 13.7. The minimum absolute atomic E-state index is 0.0890. The molecule has 1 amide bonds. The van der Waals surface area contributed by atoms with Gasteiger partial charge in [-0.3, -0.25) is 14.2 Å². The van der Waals surface area contributed by atoms with Crippen molar-refractivity contribution in [3.63, 3.8) is 0 Å². The molecule has 8 nitrogen and oxygen atoms in total. The lowest BCUT2D eigenvalue weighted by molar-refractivity contribution is -0.140. The average Bonchev–Trinajstić information content (AvgIpc) is 3.27. The molecule has 0 saturated heterocycles. The number of hydrogen-bond acceptors (Lipinski definition) is 5. The molecule has 1 atom stereocenters. The van der Waals surface area contributed by atoms with E-state index in [1.165, 1.54) is 24.9 Å². The number of methoxy groups -OCH3 is 2. The molecule has 0 fully saturated rings. The SMILES string of the molecule is CC[C@@H](C(=O)NCC(F)(F)F)n1c(=O)c2cc(OC)c(OC)cc2c2cnc3[nH]ccc3c21. The maximum absolute atomic E-state index is 13.7. The zero-order chi connectivity index (χ0) is 23.9. The van der Waals surface area contributed by atoms with Crippen LogP contribution in [0.15, 0.2) is 35.4 Å². The number of alkyl halides is 3. The Kier molecular flexibility index (Phi) is 5.64. The van der Waals surface area contributed by atoms with Crippen molar-refractivity contribution in [2.45, 2.75) is 25.6 Å². The summed E-state index contributed by atoms with van der Waals surface area (Å²) in [5.41, 5.74) is 0.321. The Balaban J connectivity index is 2.08. The summed E-state index contributed by atoms with van der Waals surface area (Å²) >= 11 is 0. The number of aromatic amines is 1. The molecule has 4 rings (SSSR count). The van der Waals surface area contributed by atoms with Gasteiger partial charge in [0.1, 0.15) is 18.2 Å². The number of benzene rings is 1. The van der Waals surface area contributed by atoms with Crippen LogP contribution in [0.3, 0.4) is 0 Å². The molecule has 0 saturated carbocycles. The quantitative estimate of drug-likeness (QED) is 0.426. The minimum Gasteiger partial charge on any atom is -0.493 e. The van der Waals surface area contributed by atoms with E-state index < -0.39 is 30.2 Å². The van der Waals surface area contributed by atoms with E-state index >= 15 is 0 Å². The topological polar surface area (TPSA) is 98.2 Å². The molecule has 3 aromatic heterocycles. The Morgan fingerprint density at radius 3 is 2.42 bits per heavy atom. The van der Waals surface area contributed by atoms with Gasteiger partial charge in [0, 0.05) is 28.6 Å². The minimum atomic E-state index is -4.58. The van der Waals surface area contributed by atoms with Crippen LogP contribution in [-0.4, -0.2) is 47.4 Å². The van der Waals surface area contributed by atoms with E-state index in [-0.39, 0.29) is 11.8 Å². The molecule has 0 unspecified atom stereocenters. The summed E-state index contributed by atoms with van der Waals surface area (Å²) in [5, 5.41) is 3.74. The Hall–Kier alpha value is -3.76. The number of pyridine rings is 2. The van der Waals surface area contributed by atoms with Crippen molar-refractivity contribution in [2.24, 2.45) is 0 Å². The molecular formula is C22H21F3N4O4. The van der Waals surface area contributed by atoms with E-state index in [1.807, 2.05) is 5.32 Å². The summed E-state index contributed by atoms with van der Waals surface area (Å²) in [5.74, 6) is -0.204. The molecule has 0 aliphatic rings. The lowest BCUT2D eigenvalue weighted by atomic mass is 10.0. The Morgan fingerprint density at radius 2 is 1.82 bits per heavy atom. The van der Waals surface area contributed by atoms with Gasteiger partial charge in [0.25, 0.3) is 5.56 Å². The van der Waals surface area contributed by atoms with E-state index in [4.69, 9.17) is 9.47 Å². The molecule has 11 heteroatoms. The zero-order valence-corrected chi connectivity index (χ0v) is 18.0. The number of H-pyrrole nitrogens is 1. The fourth-order valence-corrected chi connectivity index (χ4v) is 4.05. The lowest BCUT2D eigenvalue weighted by Gasteiger charge is -2.22. The average molecular weight is 462 g/mol. The van der Waals surface area contributed by atoms with Gasteiger partial charge in [-0.1, -0.05) is 6.92 Å². The predicted molar refractivity (Wildman–Crippen MR) is 117 cm³/mol. The highest BCUT2D eigenvalue weighted by atomic mass is 19.4. The monoisotopic (exact) mass is 462 g/mol. The largest absolute Gasteiger partial charge is 0.493 e. The highest BCUT2D eigenvalue weighted by Gasteiger charge is 2.31. The molecule has 174 valence electrons. The Bertz CT molecular complexity index is 1420. The van der Waals surface area contributed by atoms with Crippen molar-refractivity contribution in [1.29, 1.82) is 0 Å². The third kappa shape index (κ3) is 3.83. The zero-order valence-electron chi connectivity index (χ0n) is 18.0. The van der Waals surface area contributed by atoms with Crippen molar-refractivity contribution in [1.82, 2.24) is 19.9 Å². The van der Waals surface area contributed by atoms with Gasteiger partial charge in [0.2, 0.25) is 5.91 Å². The van der Waals surface area contributed by atoms with Crippen LogP contribution in [0.2, 0.25) is 0 Å². The Labute approximate surface area is 185 Å². The normalized spacial score (nSPS) is 12.9. The number of carbonyl (C=O) groups excluding carboxylic acids is 1. The number of fused-ring (bicyclic) bond motifs is 5. The first kappa shape index (κ1) is 22.4. The second-order valence-corrected chi connectivity index (χ2v) is 7.45. The third-order valence-electron chi connectivity index (χ3n) is 5.53. The summed E-state index contributed by atoms with van der Waals surface area (Å²) in [6, 6.07) is 3.66. The van der Waals surface area contributed by atoms with Gasteiger partial charge in [-0.15, -0.1) is 0 Å². The van der Waals surface area contributed by atoms with Crippen molar-refractivity contribution in [2.75, 3.05) is 20.8 Å². The number of aromatic nitrogens is 3. The number of ether oxygens (including phenoxy) is 2. The van der Waals surface area contributed by atoms with Gasteiger partial charge in [-0.2, -0.15) is 13.2 Å². The van der Waals surface area contributed by atoms with Crippen LogP contribution in [0.25, 0.3) is 32.7 Å². The molecule has 1 aromatic carbocycles. The van der Waals surface area contributed by atoms with Crippen LogP contribution in [0.4, 0.5) is 13.2 Å². The fourth-order valence-electron chi connectivity index (χ4n) is 4.05. The first-order valence-corrected chi connectivity index (χ1v) is 10.1. The first-order chi connectivity index (χ1) is 15.7. The molecule has 4 aromatic rings. The van der Waals surface area contributed by atoms with Crippen molar-refractivity contribution in [3.8, 4) is 11.5 Å². The van der Waals surface area contributed by atoms with Crippen molar-refractivity contribution >= 4 is 38.6 Å². The molecule has 0 aliphatic carbocycles. The number of nitrogens with zero attached hydrogens (tertiary/aromatic N) is 2. The predicted octanol–water partition coefficient (Wildman–Crippen LogP) is 3.68. The summed E-state index contributed by atoms with van der Waals surface area (Å²) < 4.78 is 50.1. The summed E-state index contributed by atoms with van der Waals surface area (Å²) in [4.78, 5) is 33.9. The second kappa shape index (κ2) is 8.30. The van der Waals surface area contributed by atoms with Gasteiger partial charge in [-0.25, -0.2) is 4.98 Å². The molecule has 0 aliphatic heterocycles. The summed E-state index contributed by atoms with van der Waals surface area (Å²) in [6.07, 6.45) is -1.30. The van der Waals surface area contributed by atoms with E-state index in [1.54, 1.807) is 31.5 Å². The number of hydrogen-bond donors (Lipinski definition) is 2. The van der Waals surface area contributed by atoms with E-state index in [0.717, 1.165) is 0 Å². The van der Waals surface area contributed by atoms with Gasteiger partial charge in [0.05, 0.1) is 25.1 Å². The van der Waals surface area contributed by atoms with Crippen molar-refractivity contribution < 1.29 is 27.4 Å². The van der Waals surface area contributed by atoms with Gasteiger partial charge in [-0.05, 0) is 24.6 Å². The number of amides is 1. The third-order valence-corrected chi connectivity index (χ3v) is 5.53. The number of carbonyl (C=O) groups is 1. The maximum Gasteiger partial charge on any atom is 0.405 e. The molecule has 2 N–H and O–H groups in total. The van der Waals surface area contributed by atoms with Crippen LogP contribution >= 0.6 is 0 Å². The van der Waals surface area contributed by atoms with Crippen LogP contribution in [0.5, 0.6) is 11.5 Å². The molecule has 0 spiro atoms. The van der Waals surface area contributed by atoms with Gasteiger partial charge < -0.3 is 19.8 Å². The highest BCUT2D eigenvalue weighted by Crippen LogP contribution is 2.36. The van der Waals surface area contributed by atoms with Crippen LogP contribution in [-0.2, 0) is 4.79 Å². The van der Waals surface area contributed by atoms with Gasteiger partial charge in [0.15, 0.2) is 11.5 Å². The van der Waals surface area contributed by atoms with E-state index in [0.29, 0.717) is 38.8 Å². The van der Waals surface area contributed by atoms with Gasteiger partial charge >= 0.3 is 6.18 Å². The standard InChI is InChI=1S/C22H21F3N4O4/c1-4-15(20(30)28-10-22(23,24)25)29-18-11-5-6-26-19(11)27-9-14(18)12-7-16(32-2)17(33-3)8-13(12)21(29)31/h5-9,15H,4,10H2,1-3H3,(H,26,27)(H,28,30)/t15-/m0/s1. The number of nitrogens with one attached hydrogen (secondary N) is 2. The summed E-state index contributed by atoms with van der Waals surface area (Å²) in [6.45, 7) is 0.138. The van der Waals surface area contributed by atoms with Crippen molar-refractivity contribution in [3.05, 3.63) is 40.9 Å². The van der Waals surface area contributed by atoms with Crippen LogP contribution in [0, 0.1) is 0 Å². The molecule has 3 heterocycles. The second-order valence-electron chi connectivity index (χ2n) is 7.45. The van der Waals surface area contributed by atoms with Crippen LogP contribution in [0.1, 0.15) is 19.4 Å². The van der Waals surface area contributed by atoms with E-state index in [2.05, 4.69) is 9.97 Å².